The third kappa shape index (κ3) is 2.09. The van der Waals surface area contributed by atoms with Crippen molar-refractivity contribution in [2.24, 2.45) is 0 Å². The number of rotatable bonds is 2. The average molecular weight is 270 g/mol. The lowest BCUT2D eigenvalue weighted by Gasteiger charge is -2.00. The van der Waals surface area contributed by atoms with Gasteiger partial charge in [0.25, 0.3) is 0 Å². The minimum absolute atomic E-state index is 0.485. The van der Waals surface area contributed by atoms with Crippen molar-refractivity contribution in [2.75, 3.05) is 0 Å². The molecule has 0 saturated heterocycles. The van der Waals surface area contributed by atoms with Crippen LogP contribution in [0.4, 0.5) is 0 Å². The summed E-state index contributed by atoms with van der Waals surface area (Å²) in [5.41, 5.74) is 2.62. The lowest BCUT2D eigenvalue weighted by molar-refractivity contribution is 0.881. The quantitative estimate of drug-likeness (QED) is 0.778. The zero-order valence-electron chi connectivity index (χ0n) is 9.71. The van der Waals surface area contributed by atoms with E-state index in [1.807, 2.05) is 12.1 Å². The molecule has 0 aliphatic rings. The van der Waals surface area contributed by atoms with Crippen molar-refractivity contribution >= 4 is 11.6 Å². The van der Waals surface area contributed by atoms with Gasteiger partial charge < -0.3 is 0 Å². The number of hydrogen-bond acceptors (Lipinski definition) is 3. The highest BCUT2D eigenvalue weighted by Crippen LogP contribution is 2.21. The first-order valence-electron chi connectivity index (χ1n) is 5.53. The second-order valence-corrected chi connectivity index (χ2v) is 4.33. The lowest BCUT2D eigenvalue weighted by Crippen LogP contribution is -1.94. The topological polar surface area (TPSA) is 70.3 Å². The van der Waals surface area contributed by atoms with Crippen LogP contribution in [0.2, 0.25) is 5.02 Å². The van der Waals surface area contributed by atoms with Crippen molar-refractivity contribution in [1.29, 1.82) is 5.26 Å². The molecule has 1 aromatic carbocycles. The Balaban J connectivity index is 2.10. The van der Waals surface area contributed by atoms with Crippen molar-refractivity contribution in [1.82, 2.24) is 20.0 Å². The summed E-state index contributed by atoms with van der Waals surface area (Å²) in [7, 11) is 0. The summed E-state index contributed by atoms with van der Waals surface area (Å²) in [5.74, 6) is 0. The maximum Gasteiger partial charge on any atom is 0.128 e. The summed E-state index contributed by atoms with van der Waals surface area (Å²) in [4.78, 5) is 0. The molecule has 5 nitrogen and oxygen atoms in total. The monoisotopic (exact) mass is 269 g/mol. The van der Waals surface area contributed by atoms with Crippen molar-refractivity contribution in [3.8, 4) is 23.1 Å². The largest absolute Gasteiger partial charge is 0.276 e. The third-order valence-corrected chi connectivity index (χ3v) is 2.93. The van der Waals surface area contributed by atoms with Crippen molar-refractivity contribution in [3.05, 3.63) is 53.3 Å². The predicted molar refractivity (Wildman–Crippen MR) is 70.9 cm³/mol. The smallest absolute Gasteiger partial charge is 0.128 e. The van der Waals surface area contributed by atoms with Crippen LogP contribution in [-0.4, -0.2) is 20.0 Å². The van der Waals surface area contributed by atoms with E-state index < -0.39 is 0 Å². The highest BCUT2D eigenvalue weighted by molar-refractivity contribution is 6.30. The Kier molecular flexibility index (Phi) is 2.78. The van der Waals surface area contributed by atoms with Crippen LogP contribution in [0.5, 0.6) is 0 Å². The van der Waals surface area contributed by atoms with E-state index in [2.05, 4.69) is 21.4 Å². The van der Waals surface area contributed by atoms with E-state index >= 15 is 0 Å². The van der Waals surface area contributed by atoms with Gasteiger partial charge in [0.15, 0.2) is 0 Å². The first kappa shape index (κ1) is 11.5. The zero-order valence-corrected chi connectivity index (χ0v) is 10.5. The Morgan fingerprint density at radius 2 is 2.00 bits per heavy atom. The number of halogens is 1. The van der Waals surface area contributed by atoms with Gasteiger partial charge in [0.05, 0.1) is 11.4 Å². The number of nitrogens with zero attached hydrogens (tertiary/aromatic N) is 4. The summed E-state index contributed by atoms with van der Waals surface area (Å²) >= 11 is 5.85. The summed E-state index contributed by atoms with van der Waals surface area (Å²) in [6.45, 7) is 0. The average Bonchev–Trinajstić information content (AvgIpc) is 3.08. The predicted octanol–water partition coefficient (Wildman–Crippen LogP) is 2.79. The number of H-pyrrole nitrogens is 1. The van der Waals surface area contributed by atoms with Crippen LogP contribution >= 0.6 is 11.6 Å². The van der Waals surface area contributed by atoms with Crippen molar-refractivity contribution in [3.63, 3.8) is 0 Å². The standard InChI is InChI=1S/C13H8ClN5/c14-10-1-3-11(4-2-10)19-8-9(7-15)13(18-19)12-5-6-16-17-12/h1-6,8H,(H,16,17). The molecule has 92 valence electrons. The molecule has 19 heavy (non-hydrogen) atoms. The molecule has 0 bridgehead atoms. The molecule has 2 aromatic heterocycles. The number of nitriles is 1. The maximum absolute atomic E-state index is 9.16. The molecule has 3 aromatic rings. The van der Waals surface area contributed by atoms with E-state index in [4.69, 9.17) is 16.9 Å². The minimum Gasteiger partial charge on any atom is -0.276 e. The van der Waals surface area contributed by atoms with Gasteiger partial charge in [-0.15, -0.1) is 0 Å². The van der Waals surface area contributed by atoms with Crippen LogP contribution < -0.4 is 0 Å². The van der Waals surface area contributed by atoms with Gasteiger partial charge in [-0.05, 0) is 30.3 Å². The zero-order chi connectivity index (χ0) is 13.2. The van der Waals surface area contributed by atoms with E-state index in [1.54, 1.807) is 35.3 Å². The van der Waals surface area contributed by atoms with Crippen molar-refractivity contribution < 1.29 is 0 Å². The van der Waals surface area contributed by atoms with E-state index in [0.29, 0.717) is 22.0 Å². The molecule has 0 aliphatic heterocycles. The highest BCUT2D eigenvalue weighted by atomic mass is 35.5. The fourth-order valence-corrected chi connectivity index (χ4v) is 1.89. The first-order chi connectivity index (χ1) is 9.28. The van der Waals surface area contributed by atoms with Gasteiger partial charge >= 0.3 is 0 Å². The Morgan fingerprint density at radius 1 is 1.21 bits per heavy atom. The van der Waals surface area contributed by atoms with Crippen LogP contribution in [0.1, 0.15) is 5.56 Å². The Labute approximate surface area is 114 Å². The number of nitrogens with one attached hydrogen (secondary N) is 1. The molecule has 0 unspecified atom stereocenters. The fourth-order valence-electron chi connectivity index (χ4n) is 1.77. The molecule has 0 radical (unpaired) electrons. The first-order valence-corrected chi connectivity index (χ1v) is 5.91. The Hall–Kier alpha value is -2.58. The second kappa shape index (κ2) is 4.59. The van der Waals surface area contributed by atoms with Gasteiger partial charge in [-0.3, -0.25) is 5.10 Å². The third-order valence-electron chi connectivity index (χ3n) is 2.68. The second-order valence-electron chi connectivity index (χ2n) is 3.89. The van der Waals surface area contributed by atoms with Crippen LogP contribution in [0.3, 0.4) is 0 Å². The van der Waals surface area contributed by atoms with Crippen molar-refractivity contribution in [2.45, 2.75) is 0 Å². The van der Waals surface area contributed by atoms with Gasteiger partial charge in [0.2, 0.25) is 0 Å². The summed E-state index contributed by atoms with van der Waals surface area (Å²) in [6, 6.07) is 11.1. The Bertz CT molecular complexity index is 734. The van der Waals surface area contributed by atoms with Crippen LogP contribution in [-0.2, 0) is 0 Å². The number of benzene rings is 1. The number of aromatic nitrogens is 4. The normalized spacial score (nSPS) is 10.3. The lowest BCUT2D eigenvalue weighted by atomic mass is 10.2. The summed E-state index contributed by atoms with van der Waals surface area (Å²) < 4.78 is 1.64. The van der Waals surface area contributed by atoms with Crippen LogP contribution in [0, 0.1) is 11.3 Å². The van der Waals surface area contributed by atoms with Gasteiger partial charge in [-0.2, -0.15) is 15.5 Å². The molecule has 0 atom stereocenters. The van der Waals surface area contributed by atoms with E-state index in [9.17, 15) is 0 Å². The highest BCUT2D eigenvalue weighted by Gasteiger charge is 2.12. The molecule has 0 aliphatic carbocycles. The van der Waals surface area contributed by atoms with E-state index in [0.717, 1.165) is 5.69 Å². The van der Waals surface area contributed by atoms with Crippen LogP contribution in [0.15, 0.2) is 42.7 Å². The van der Waals surface area contributed by atoms with Gasteiger partial charge in [0.1, 0.15) is 17.3 Å². The SMILES string of the molecule is N#Cc1cn(-c2ccc(Cl)cc2)nc1-c1ccn[nH]1. The molecule has 0 fully saturated rings. The van der Waals surface area contributed by atoms with E-state index in [-0.39, 0.29) is 0 Å². The molecule has 0 saturated carbocycles. The van der Waals surface area contributed by atoms with Gasteiger partial charge in [0, 0.05) is 17.4 Å². The molecule has 2 heterocycles. The number of hydrogen-bond donors (Lipinski definition) is 1. The molecular formula is C13H8ClN5. The summed E-state index contributed by atoms with van der Waals surface area (Å²) in [6.07, 6.45) is 3.30. The molecule has 0 spiro atoms. The van der Waals surface area contributed by atoms with Gasteiger partial charge in [-0.25, -0.2) is 4.68 Å². The molecule has 6 heteroatoms. The molecule has 0 amide bonds. The molecular weight excluding hydrogens is 262 g/mol. The molecule has 3 rings (SSSR count). The Morgan fingerprint density at radius 3 is 2.63 bits per heavy atom. The number of aromatic amines is 1. The minimum atomic E-state index is 0.485. The van der Waals surface area contributed by atoms with Gasteiger partial charge in [-0.1, -0.05) is 11.6 Å². The van der Waals surface area contributed by atoms with E-state index in [1.165, 1.54) is 0 Å². The molecule has 1 N–H and O–H groups in total. The fraction of sp³-hybridized carbons (Fsp3) is 0. The van der Waals surface area contributed by atoms with Crippen LogP contribution in [0.25, 0.3) is 17.1 Å². The maximum atomic E-state index is 9.16. The summed E-state index contributed by atoms with van der Waals surface area (Å²) in [5, 5.41) is 20.9.